The number of aliphatic imine (C=N–C) groups is 1. The van der Waals surface area contributed by atoms with Gasteiger partial charge in [0.1, 0.15) is 5.75 Å². The summed E-state index contributed by atoms with van der Waals surface area (Å²) in [5.41, 5.74) is 1.06. The highest BCUT2D eigenvalue weighted by molar-refractivity contribution is 5.79. The van der Waals surface area contributed by atoms with Gasteiger partial charge in [0, 0.05) is 13.1 Å². The summed E-state index contributed by atoms with van der Waals surface area (Å²) in [6.07, 6.45) is -1.54. The highest BCUT2D eigenvalue weighted by atomic mass is 19.4. The first kappa shape index (κ1) is 22.3. The van der Waals surface area contributed by atoms with Crippen LogP contribution in [0.4, 0.5) is 13.2 Å². The number of guanidine groups is 1. The second-order valence-corrected chi connectivity index (χ2v) is 7.10. The smallest absolute Gasteiger partial charge is 0.401 e. The van der Waals surface area contributed by atoms with E-state index in [9.17, 15) is 13.2 Å². The van der Waals surface area contributed by atoms with E-state index in [1.807, 2.05) is 31.2 Å². The predicted molar refractivity (Wildman–Crippen MR) is 106 cm³/mol. The maximum atomic E-state index is 12.5. The Labute approximate surface area is 165 Å². The van der Waals surface area contributed by atoms with Gasteiger partial charge in [0.15, 0.2) is 5.96 Å². The molecule has 1 heterocycles. The average Bonchev–Trinajstić information content (AvgIpc) is 2.66. The maximum absolute atomic E-state index is 12.5. The van der Waals surface area contributed by atoms with Crippen LogP contribution in [0.25, 0.3) is 0 Å². The minimum atomic E-state index is -4.10. The Bertz CT molecular complexity index is 614. The standard InChI is InChI=1S/C20H31F3N4O/c1-3-24-19(26-14-17-5-4-6-18(13-17)28-2)25-10-7-16-8-11-27(12-9-16)15-20(21,22)23/h4-6,13,16H,3,7-12,14-15H2,1-2H3,(H2,24,25,26). The molecule has 2 N–H and O–H groups in total. The van der Waals surface area contributed by atoms with Gasteiger partial charge in [-0.2, -0.15) is 13.2 Å². The molecule has 1 aromatic carbocycles. The molecule has 0 aromatic heterocycles. The Morgan fingerprint density at radius 1 is 1.25 bits per heavy atom. The number of nitrogens with zero attached hydrogens (tertiary/aromatic N) is 2. The molecule has 0 atom stereocenters. The summed E-state index contributed by atoms with van der Waals surface area (Å²) in [4.78, 5) is 6.10. The zero-order chi connectivity index (χ0) is 20.4. The van der Waals surface area contributed by atoms with Crippen LogP contribution in [0.3, 0.4) is 0 Å². The van der Waals surface area contributed by atoms with E-state index in [0.717, 1.165) is 49.6 Å². The Balaban J connectivity index is 1.74. The number of ether oxygens (including phenoxy) is 1. The van der Waals surface area contributed by atoms with Gasteiger partial charge in [-0.1, -0.05) is 12.1 Å². The van der Waals surface area contributed by atoms with Crippen molar-refractivity contribution in [3.63, 3.8) is 0 Å². The molecule has 1 saturated heterocycles. The number of methoxy groups -OCH3 is 1. The molecule has 0 spiro atoms. The zero-order valence-corrected chi connectivity index (χ0v) is 16.7. The van der Waals surface area contributed by atoms with Crippen molar-refractivity contribution in [1.29, 1.82) is 0 Å². The first-order valence-corrected chi connectivity index (χ1v) is 9.84. The van der Waals surface area contributed by atoms with E-state index < -0.39 is 12.7 Å². The van der Waals surface area contributed by atoms with Crippen molar-refractivity contribution in [3.8, 4) is 5.75 Å². The van der Waals surface area contributed by atoms with Crippen LogP contribution >= 0.6 is 0 Å². The number of hydrogen-bond acceptors (Lipinski definition) is 3. The predicted octanol–water partition coefficient (Wildman–Crippen LogP) is 3.41. The highest BCUT2D eigenvalue weighted by Gasteiger charge is 2.32. The van der Waals surface area contributed by atoms with Gasteiger partial charge >= 0.3 is 6.18 Å². The summed E-state index contributed by atoms with van der Waals surface area (Å²) in [5, 5.41) is 6.56. The van der Waals surface area contributed by atoms with Crippen molar-refractivity contribution in [3.05, 3.63) is 29.8 Å². The largest absolute Gasteiger partial charge is 0.497 e. The van der Waals surface area contributed by atoms with Gasteiger partial charge in [0.25, 0.3) is 0 Å². The van der Waals surface area contributed by atoms with Gasteiger partial charge in [-0.3, -0.25) is 4.90 Å². The van der Waals surface area contributed by atoms with Gasteiger partial charge in [0.05, 0.1) is 20.2 Å². The van der Waals surface area contributed by atoms with E-state index in [-0.39, 0.29) is 0 Å². The van der Waals surface area contributed by atoms with Crippen molar-refractivity contribution in [2.24, 2.45) is 10.9 Å². The van der Waals surface area contributed by atoms with Crippen LogP contribution < -0.4 is 15.4 Å². The lowest BCUT2D eigenvalue weighted by Gasteiger charge is -2.32. The quantitative estimate of drug-likeness (QED) is 0.519. The van der Waals surface area contributed by atoms with Crippen LogP contribution in [-0.4, -0.2) is 56.9 Å². The lowest BCUT2D eigenvalue weighted by Crippen LogP contribution is -2.41. The molecule has 1 aliphatic rings. The Morgan fingerprint density at radius 3 is 2.64 bits per heavy atom. The van der Waals surface area contributed by atoms with E-state index in [2.05, 4.69) is 15.6 Å². The molecular weight excluding hydrogens is 369 g/mol. The molecule has 8 heteroatoms. The molecule has 0 saturated carbocycles. The van der Waals surface area contributed by atoms with E-state index in [1.54, 1.807) is 7.11 Å². The summed E-state index contributed by atoms with van der Waals surface area (Å²) >= 11 is 0. The van der Waals surface area contributed by atoms with Crippen molar-refractivity contribution in [2.45, 2.75) is 38.9 Å². The fraction of sp³-hybridized carbons (Fsp3) is 0.650. The number of hydrogen-bond donors (Lipinski definition) is 2. The minimum Gasteiger partial charge on any atom is -0.497 e. The molecule has 28 heavy (non-hydrogen) atoms. The van der Waals surface area contributed by atoms with Crippen LogP contribution in [0.2, 0.25) is 0 Å². The van der Waals surface area contributed by atoms with E-state index in [1.165, 1.54) is 4.90 Å². The first-order chi connectivity index (χ1) is 13.4. The molecule has 2 rings (SSSR count). The molecule has 0 unspecified atom stereocenters. The molecule has 0 amide bonds. The van der Waals surface area contributed by atoms with E-state index in [0.29, 0.717) is 25.6 Å². The number of benzene rings is 1. The molecule has 5 nitrogen and oxygen atoms in total. The van der Waals surface area contributed by atoms with Gasteiger partial charge in [-0.25, -0.2) is 4.99 Å². The van der Waals surface area contributed by atoms with Crippen LogP contribution in [0, 0.1) is 5.92 Å². The average molecular weight is 400 g/mol. The summed E-state index contributed by atoms with van der Waals surface area (Å²) in [6.45, 7) is 4.33. The fourth-order valence-corrected chi connectivity index (χ4v) is 3.36. The molecule has 0 bridgehead atoms. The summed E-state index contributed by atoms with van der Waals surface area (Å²) in [7, 11) is 1.64. The lowest BCUT2D eigenvalue weighted by molar-refractivity contribution is -0.148. The monoisotopic (exact) mass is 400 g/mol. The molecule has 1 aromatic rings. The van der Waals surface area contributed by atoms with Crippen LogP contribution in [-0.2, 0) is 6.54 Å². The van der Waals surface area contributed by atoms with Gasteiger partial charge < -0.3 is 15.4 Å². The van der Waals surface area contributed by atoms with Crippen LogP contribution in [0.5, 0.6) is 5.75 Å². The second kappa shape index (κ2) is 11.1. The van der Waals surface area contributed by atoms with Gasteiger partial charge in [-0.15, -0.1) is 0 Å². The number of alkyl halides is 3. The summed E-state index contributed by atoms with van der Waals surface area (Å²) in [5.74, 6) is 2.01. The van der Waals surface area contributed by atoms with Crippen molar-refractivity contribution in [1.82, 2.24) is 15.5 Å². The Kier molecular flexibility index (Phi) is 8.89. The molecule has 158 valence electrons. The lowest BCUT2D eigenvalue weighted by atomic mass is 9.93. The minimum absolute atomic E-state index is 0.457. The molecular formula is C20H31F3N4O. The van der Waals surface area contributed by atoms with E-state index >= 15 is 0 Å². The summed E-state index contributed by atoms with van der Waals surface area (Å²) in [6, 6.07) is 7.80. The Morgan fingerprint density at radius 2 is 2.00 bits per heavy atom. The number of rotatable bonds is 8. The third-order valence-electron chi connectivity index (χ3n) is 4.85. The topological polar surface area (TPSA) is 48.9 Å². The molecule has 1 fully saturated rings. The fourth-order valence-electron chi connectivity index (χ4n) is 3.36. The van der Waals surface area contributed by atoms with Crippen molar-refractivity contribution < 1.29 is 17.9 Å². The van der Waals surface area contributed by atoms with Gasteiger partial charge in [0.2, 0.25) is 0 Å². The SMILES string of the molecule is CCNC(=NCc1cccc(OC)c1)NCCC1CCN(CC(F)(F)F)CC1. The maximum Gasteiger partial charge on any atom is 0.401 e. The number of nitrogens with one attached hydrogen (secondary N) is 2. The first-order valence-electron chi connectivity index (χ1n) is 9.84. The highest BCUT2D eigenvalue weighted by Crippen LogP contribution is 2.24. The normalized spacial score (nSPS) is 16.8. The number of likely N-dealkylation sites (tertiary alicyclic amines) is 1. The van der Waals surface area contributed by atoms with Crippen LogP contribution in [0.15, 0.2) is 29.3 Å². The third-order valence-corrected chi connectivity index (χ3v) is 4.85. The van der Waals surface area contributed by atoms with Crippen LogP contribution in [0.1, 0.15) is 31.7 Å². The Hall–Kier alpha value is -1.96. The number of piperidine rings is 1. The third kappa shape index (κ3) is 8.37. The molecule has 1 aliphatic heterocycles. The second-order valence-electron chi connectivity index (χ2n) is 7.10. The zero-order valence-electron chi connectivity index (χ0n) is 16.7. The summed E-state index contributed by atoms with van der Waals surface area (Å²) < 4.78 is 42.6. The molecule has 0 radical (unpaired) electrons. The van der Waals surface area contributed by atoms with Crippen molar-refractivity contribution in [2.75, 3.05) is 39.8 Å². The number of halogens is 3. The van der Waals surface area contributed by atoms with E-state index in [4.69, 9.17) is 4.74 Å². The molecule has 0 aliphatic carbocycles. The van der Waals surface area contributed by atoms with Crippen molar-refractivity contribution >= 4 is 5.96 Å². The van der Waals surface area contributed by atoms with Gasteiger partial charge in [-0.05, 0) is 62.9 Å².